The lowest BCUT2D eigenvalue weighted by Crippen LogP contribution is -2.30. The zero-order chi connectivity index (χ0) is 17.1. The lowest BCUT2D eigenvalue weighted by atomic mass is 10.1. The van der Waals surface area contributed by atoms with Crippen molar-refractivity contribution in [2.24, 2.45) is 5.10 Å². The summed E-state index contributed by atoms with van der Waals surface area (Å²) in [5, 5.41) is 5.62. The molecule has 2 amide bonds. The first-order chi connectivity index (χ1) is 9.89. The van der Waals surface area contributed by atoms with Crippen LogP contribution in [-0.4, -0.2) is 39.8 Å². The van der Waals surface area contributed by atoms with Gasteiger partial charge < -0.3 is 5.32 Å². The van der Waals surface area contributed by atoms with E-state index in [2.05, 4.69) is 10.4 Å². The number of carbonyl (C=O) groups excluding carboxylic acids is 1. The molecular weight excluding hydrogens is 330 g/mol. The van der Waals surface area contributed by atoms with E-state index in [1.807, 2.05) is 25.3 Å². The van der Waals surface area contributed by atoms with Crippen LogP contribution in [0, 0.1) is 13.8 Å². The van der Waals surface area contributed by atoms with Crippen LogP contribution in [0.1, 0.15) is 11.1 Å². The van der Waals surface area contributed by atoms with Crippen molar-refractivity contribution < 1.29 is 21.6 Å². The van der Waals surface area contributed by atoms with Crippen LogP contribution in [0.3, 0.4) is 0 Å². The fraction of sp³-hybridized carbons (Fsp3) is 0.333. The molecule has 1 aromatic rings. The highest BCUT2D eigenvalue weighted by Gasteiger charge is 2.25. The molecule has 0 atom stereocenters. The molecule has 1 aromatic carbocycles. The van der Waals surface area contributed by atoms with Crippen molar-refractivity contribution in [3.8, 4) is 0 Å². The second-order valence-corrected chi connectivity index (χ2v) is 8.98. The highest BCUT2D eigenvalue weighted by atomic mass is 32.3. The Morgan fingerprint density at radius 3 is 1.82 bits per heavy atom. The van der Waals surface area contributed by atoms with E-state index >= 15 is 0 Å². The summed E-state index contributed by atoms with van der Waals surface area (Å²) in [6.45, 7) is 3.69. The van der Waals surface area contributed by atoms with Gasteiger partial charge in [0.2, 0.25) is 19.7 Å². The van der Waals surface area contributed by atoms with Crippen molar-refractivity contribution in [3.63, 3.8) is 0 Å². The van der Waals surface area contributed by atoms with E-state index in [9.17, 15) is 21.6 Å². The average Bonchev–Trinajstić information content (AvgIpc) is 2.22. The zero-order valence-corrected chi connectivity index (χ0v) is 14.2. The predicted molar refractivity (Wildman–Crippen MR) is 85.2 cm³/mol. The summed E-state index contributed by atoms with van der Waals surface area (Å²) in [7, 11) is -8.17. The van der Waals surface area contributed by atoms with Crippen LogP contribution < -0.4 is 10.7 Å². The fourth-order valence-corrected chi connectivity index (χ4v) is 4.37. The summed E-state index contributed by atoms with van der Waals surface area (Å²) in [4.78, 5) is 11.7. The van der Waals surface area contributed by atoms with Gasteiger partial charge in [-0.25, -0.2) is 27.1 Å². The molecule has 0 aliphatic carbocycles. The van der Waals surface area contributed by atoms with E-state index < -0.39 is 30.1 Å². The molecular formula is C12H17N3O5S2. The number of rotatable bonds is 2. The highest BCUT2D eigenvalue weighted by molar-refractivity contribution is 8.30. The van der Waals surface area contributed by atoms with Crippen molar-refractivity contribution in [2.75, 3.05) is 17.8 Å². The number of hydrogen-bond acceptors (Lipinski definition) is 6. The quantitative estimate of drug-likeness (QED) is 0.465. The monoisotopic (exact) mass is 347 g/mol. The minimum absolute atomic E-state index is 0.477. The highest BCUT2D eigenvalue weighted by Crippen LogP contribution is 2.13. The molecule has 0 aliphatic heterocycles. The van der Waals surface area contributed by atoms with Gasteiger partial charge in [0, 0.05) is 18.2 Å². The van der Waals surface area contributed by atoms with Crippen LogP contribution in [0.5, 0.6) is 0 Å². The van der Waals surface area contributed by atoms with E-state index in [0.29, 0.717) is 18.2 Å². The van der Waals surface area contributed by atoms with E-state index in [1.165, 1.54) is 0 Å². The number of hydrazone groups is 1. The van der Waals surface area contributed by atoms with Gasteiger partial charge in [-0.3, -0.25) is 0 Å². The molecule has 0 aliphatic rings. The van der Waals surface area contributed by atoms with Gasteiger partial charge >= 0.3 is 6.03 Å². The third-order valence-electron chi connectivity index (χ3n) is 2.36. The number of anilines is 1. The number of nitrogens with one attached hydrogen (secondary N) is 2. The molecule has 0 bridgehead atoms. The molecule has 1 rings (SSSR count). The van der Waals surface area contributed by atoms with E-state index in [-0.39, 0.29) is 0 Å². The van der Waals surface area contributed by atoms with Gasteiger partial charge in [0.15, 0.2) is 0 Å². The molecule has 0 unspecified atom stereocenters. The molecule has 22 heavy (non-hydrogen) atoms. The van der Waals surface area contributed by atoms with E-state index in [4.69, 9.17) is 0 Å². The van der Waals surface area contributed by atoms with Crippen LogP contribution in [0.25, 0.3) is 0 Å². The maximum Gasteiger partial charge on any atom is 0.339 e. The molecule has 0 radical (unpaired) electrons. The number of urea groups is 1. The smallest absolute Gasteiger partial charge is 0.307 e. The molecule has 0 aromatic heterocycles. The van der Waals surface area contributed by atoms with E-state index in [0.717, 1.165) is 11.1 Å². The van der Waals surface area contributed by atoms with Crippen molar-refractivity contribution in [2.45, 2.75) is 13.8 Å². The summed E-state index contributed by atoms with van der Waals surface area (Å²) in [5.41, 5.74) is 4.19. The molecule has 122 valence electrons. The number of sulfone groups is 2. The minimum atomic E-state index is -4.09. The molecule has 0 saturated heterocycles. The van der Waals surface area contributed by atoms with Crippen LogP contribution in [0.4, 0.5) is 10.5 Å². The Balaban J connectivity index is 2.95. The number of carbonyl (C=O) groups is 1. The first-order valence-corrected chi connectivity index (χ1v) is 9.81. The average molecular weight is 347 g/mol. The normalized spacial score (nSPS) is 11.6. The lowest BCUT2D eigenvalue weighted by molar-refractivity contribution is 0.252. The van der Waals surface area contributed by atoms with Crippen molar-refractivity contribution in [1.82, 2.24) is 5.43 Å². The van der Waals surface area contributed by atoms with Gasteiger partial charge in [0.05, 0.1) is 0 Å². The number of amides is 2. The Morgan fingerprint density at radius 1 is 0.955 bits per heavy atom. The third kappa shape index (κ3) is 5.45. The lowest BCUT2D eigenvalue weighted by Gasteiger charge is -2.07. The Hall–Kier alpha value is -1.94. The van der Waals surface area contributed by atoms with Gasteiger partial charge in [-0.1, -0.05) is 6.07 Å². The molecule has 8 nitrogen and oxygen atoms in total. The first-order valence-electron chi connectivity index (χ1n) is 6.02. The summed E-state index contributed by atoms with van der Waals surface area (Å²) in [5.74, 6) is 0. The van der Waals surface area contributed by atoms with E-state index in [1.54, 1.807) is 12.1 Å². The van der Waals surface area contributed by atoms with Crippen LogP contribution in [0.2, 0.25) is 0 Å². The van der Waals surface area contributed by atoms with Gasteiger partial charge in [-0.2, -0.15) is 0 Å². The number of nitrogens with zero attached hydrogens (tertiary/aromatic N) is 1. The zero-order valence-electron chi connectivity index (χ0n) is 12.5. The van der Waals surface area contributed by atoms with Gasteiger partial charge in [-0.05, 0) is 37.1 Å². The van der Waals surface area contributed by atoms with Gasteiger partial charge in [0.1, 0.15) is 0 Å². The summed E-state index contributed by atoms with van der Waals surface area (Å²) >= 11 is 0. The largest absolute Gasteiger partial charge is 0.339 e. The van der Waals surface area contributed by atoms with Gasteiger partial charge in [0.25, 0.3) is 4.38 Å². The Labute approximate surface area is 129 Å². The first kappa shape index (κ1) is 18.1. The standard InChI is InChI=1S/C12H17N3O5S2/c1-8-5-9(2)7-10(6-8)13-11(16)14-15-12(21(3,17)18)22(4,19)20/h5-7H,1-4H3,(H2,13,14,16). The Kier molecular flexibility index (Phi) is 5.30. The Morgan fingerprint density at radius 2 is 1.41 bits per heavy atom. The topological polar surface area (TPSA) is 122 Å². The van der Waals surface area contributed by atoms with Crippen LogP contribution >= 0.6 is 0 Å². The second kappa shape index (κ2) is 6.44. The molecule has 0 saturated carbocycles. The number of aryl methyl sites for hydroxylation is 2. The number of benzene rings is 1. The van der Waals surface area contributed by atoms with Crippen molar-refractivity contribution in [1.29, 1.82) is 0 Å². The molecule has 0 heterocycles. The summed E-state index contributed by atoms with van der Waals surface area (Å²) in [6.07, 6.45) is 1.38. The second-order valence-electron chi connectivity index (χ2n) is 4.86. The van der Waals surface area contributed by atoms with Gasteiger partial charge in [-0.15, -0.1) is 5.10 Å². The Bertz CT molecular complexity index is 772. The minimum Gasteiger partial charge on any atom is -0.307 e. The molecule has 10 heteroatoms. The van der Waals surface area contributed by atoms with Crippen LogP contribution in [-0.2, 0) is 19.7 Å². The third-order valence-corrected chi connectivity index (χ3v) is 5.63. The van der Waals surface area contributed by atoms with Crippen molar-refractivity contribution >= 4 is 35.8 Å². The van der Waals surface area contributed by atoms with Crippen LogP contribution in [0.15, 0.2) is 23.3 Å². The molecule has 0 fully saturated rings. The number of hydrogen-bond donors (Lipinski definition) is 2. The fourth-order valence-electron chi connectivity index (χ4n) is 1.74. The predicted octanol–water partition coefficient (Wildman–Crippen LogP) is 0.785. The molecule has 0 spiro atoms. The van der Waals surface area contributed by atoms with Crippen molar-refractivity contribution in [3.05, 3.63) is 29.3 Å². The maximum atomic E-state index is 11.7. The SMILES string of the molecule is Cc1cc(C)cc(NC(=O)NN=C(S(C)(=O)=O)S(C)(=O)=O)c1. The molecule has 2 N–H and O–H groups in total. The summed E-state index contributed by atoms with van der Waals surface area (Å²) < 4.78 is 44.3. The maximum absolute atomic E-state index is 11.7. The summed E-state index contributed by atoms with van der Waals surface area (Å²) in [6, 6.07) is 4.45.